The number of nitrogens with one attached hydrogen (secondary N) is 1. The third-order valence-electron chi connectivity index (χ3n) is 3.37. The second kappa shape index (κ2) is 7.84. The molecular weight excluding hydrogens is 330 g/mol. The van der Waals surface area contributed by atoms with Crippen LogP contribution in [0.25, 0.3) is 0 Å². The van der Waals surface area contributed by atoms with Gasteiger partial charge < -0.3 is 14.8 Å². The van der Waals surface area contributed by atoms with Gasteiger partial charge in [-0.25, -0.2) is 4.79 Å². The first-order chi connectivity index (χ1) is 11.4. The van der Waals surface area contributed by atoms with Crippen LogP contribution in [-0.4, -0.2) is 25.6 Å². The van der Waals surface area contributed by atoms with Crippen molar-refractivity contribution in [2.75, 3.05) is 19.0 Å². The Hall–Kier alpha value is -2.53. The fourth-order valence-corrected chi connectivity index (χ4v) is 2.36. The van der Waals surface area contributed by atoms with E-state index in [1.54, 1.807) is 12.1 Å². The average Bonchev–Trinajstić information content (AvgIpc) is 2.55. The Morgan fingerprint density at radius 2 is 1.88 bits per heavy atom. The Morgan fingerprint density at radius 1 is 1.12 bits per heavy atom. The molecule has 2 aromatic rings. The highest BCUT2D eigenvalue weighted by molar-refractivity contribution is 6.31. The van der Waals surface area contributed by atoms with Gasteiger partial charge in [0.1, 0.15) is 11.3 Å². The number of esters is 1. The highest BCUT2D eigenvalue weighted by atomic mass is 35.5. The third kappa shape index (κ3) is 4.49. The number of methoxy groups -OCH3 is 1. The van der Waals surface area contributed by atoms with Crippen LogP contribution in [0.4, 0.5) is 5.69 Å². The third-order valence-corrected chi connectivity index (χ3v) is 3.61. The molecule has 6 heteroatoms. The van der Waals surface area contributed by atoms with E-state index >= 15 is 0 Å². The molecule has 24 heavy (non-hydrogen) atoms. The van der Waals surface area contributed by atoms with Gasteiger partial charge in [0.05, 0.1) is 7.11 Å². The molecule has 0 bridgehead atoms. The van der Waals surface area contributed by atoms with E-state index in [-0.39, 0.29) is 5.56 Å². The minimum atomic E-state index is -0.676. The Bertz CT molecular complexity index is 774. The van der Waals surface area contributed by atoms with Gasteiger partial charge in [0.15, 0.2) is 6.61 Å². The number of ether oxygens (including phenoxy) is 2. The fraction of sp³-hybridized carbons (Fsp3) is 0.222. The highest BCUT2D eigenvalue weighted by Crippen LogP contribution is 2.23. The lowest BCUT2D eigenvalue weighted by molar-refractivity contribution is -0.119. The number of carbonyl (C=O) groups is 2. The summed E-state index contributed by atoms with van der Waals surface area (Å²) in [5.41, 5.74) is 2.89. The lowest BCUT2D eigenvalue weighted by atomic mass is 10.1. The van der Waals surface area contributed by atoms with Crippen molar-refractivity contribution >= 4 is 29.2 Å². The number of rotatable bonds is 5. The molecule has 2 aromatic carbocycles. The molecule has 0 unspecified atom stereocenters. The monoisotopic (exact) mass is 347 g/mol. The molecule has 2 rings (SSSR count). The van der Waals surface area contributed by atoms with E-state index in [9.17, 15) is 9.59 Å². The first-order valence-corrected chi connectivity index (χ1v) is 7.66. The van der Waals surface area contributed by atoms with Gasteiger partial charge in [-0.15, -0.1) is 0 Å². The number of halogens is 1. The maximum atomic E-state index is 12.1. The maximum absolute atomic E-state index is 12.1. The van der Waals surface area contributed by atoms with Crippen LogP contribution in [0.5, 0.6) is 5.75 Å². The number of hydrogen-bond donors (Lipinski definition) is 1. The summed E-state index contributed by atoms with van der Waals surface area (Å²) in [5, 5.41) is 3.09. The van der Waals surface area contributed by atoms with E-state index in [1.807, 2.05) is 32.0 Å². The molecule has 0 atom stereocenters. The molecule has 0 heterocycles. The van der Waals surface area contributed by atoms with Crippen LogP contribution >= 0.6 is 11.6 Å². The zero-order valence-corrected chi connectivity index (χ0v) is 14.4. The van der Waals surface area contributed by atoms with Gasteiger partial charge >= 0.3 is 5.97 Å². The molecule has 0 aliphatic heterocycles. The average molecular weight is 348 g/mol. The number of hydrogen-bond acceptors (Lipinski definition) is 4. The lowest BCUT2D eigenvalue weighted by Gasteiger charge is -2.11. The number of anilines is 1. The molecule has 126 valence electrons. The summed E-state index contributed by atoms with van der Waals surface area (Å²) in [4.78, 5) is 24.1. The van der Waals surface area contributed by atoms with Crippen LogP contribution in [0.1, 0.15) is 21.5 Å². The van der Waals surface area contributed by atoms with Crippen molar-refractivity contribution in [3.8, 4) is 5.75 Å². The van der Waals surface area contributed by atoms with Crippen molar-refractivity contribution in [3.05, 3.63) is 58.1 Å². The second-order valence-electron chi connectivity index (χ2n) is 5.29. The predicted octanol–water partition coefficient (Wildman–Crippen LogP) is 3.76. The molecular formula is C18H18ClNO4. The molecule has 0 radical (unpaired) electrons. The minimum absolute atomic E-state index is 0.171. The molecule has 0 aliphatic carbocycles. The summed E-state index contributed by atoms with van der Waals surface area (Å²) in [7, 11) is 1.44. The summed E-state index contributed by atoms with van der Waals surface area (Å²) in [5.74, 6) is -0.763. The maximum Gasteiger partial charge on any atom is 0.342 e. The fourth-order valence-electron chi connectivity index (χ4n) is 2.19. The summed E-state index contributed by atoms with van der Waals surface area (Å²) in [6, 6.07) is 10.3. The molecule has 0 saturated carbocycles. The largest absolute Gasteiger partial charge is 0.496 e. The van der Waals surface area contributed by atoms with Gasteiger partial charge in [0, 0.05) is 10.7 Å². The van der Waals surface area contributed by atoms with Crippen molar-refractivity contribution in [2.24, 2.45) is 0 Å². The van der Waals surface area contributed by atoms with Crippen LogP contribution < -0.4 is 10.1 Å². The van der Waals surface area contributed by atoms with Crippen molar-refractivity contribution in [2.45, 2.75) is 13.8 Å². The molecule has 0 aromatic heterocycles. The topological polar surface area (TPSA) is 64.6 Å². The summed E-state index contributed by atoms with van der Waals surface area (Å²) in [6.45, 7) is 3.46. The van der Waals surface area contributed by atoms with Crippen molar-refractivity contribution < 1.29 is 19.1 Å². The Morgan fingerprint density at radius 3 is 2.54 bits per heavy atom. The summed E-state index contributed by atoms with van der Waals surface area (Å²) >= 11 is 5.88. The predicted molar refractivity (Wildman–Crippen MR) is 92.8 cm³/mol. The summed E-state index contributed by atoms with van der Waals surface area (Å²) < 4.78 is 10.1. The van der Waals surface area contributed by atoms with E-state index in [1.165, 1.54) is 13.2 Å². The lowest BCUT2D eigenvalue weighted by Crippen LogP contribution is -2.21. The van der Waals surface area contributed by atoms with Crippen LogP contribution in [0.2, 0.25) is 5.02 Å². The van der Waals surface area contributed by atoms with Crippen molar-refractivity contribution in [1.29, 1.82) is 0 Å². The van der Waals surface area contributed by atoms with Crippen LogP contribution in [0, 0.1) is 13.8 Å². The van der Waals surface area contributed by atoms with E-state index in [2.05, 4.69) is 5.32 Å². The Labute approximate surface area is 145 Å². The van der Waals surface area contributed by atoms with Crippen molar-refractivity contribution in [3.63, 3.8) is 0 Å². The van der Waals surface area contributed by atoms with Gasteiger partial charge in [-0.2, -0.15) is 0 Å². The highest BCUT2D eigenvalue weighted by Gasteiger charge is 2.16. The van der Waals surface area contributed by atoms with Gasteiger partial charge in [-0.1, -0.05) is 29.3 Å². The Kier molecular flexibility index (Phi) is 5.82. The normalized spacial score (nSPS) is 10.2. The smallest absolute Gasteiger partial charge is 0.342 e. The molecule has 1 amide bonds. The summed E-state index contributed by atoms with van der Waals surface area (Å²) in [6.07, 6.45) is 0. The van der Waals surface area contributed by atoms with E-state index in [4.69, 9.17) is 21.1 Å². The van der Waals surface area contributed by atoms with Gasteiger partial charge in [0.25, 0.3) is 5.91 Å². The van der Waals surface area contributed by atoms with Gasteiger partial charge in [-0.3, -0.25) is 4.79 Å². The van der Waals surface area contributed by atoms with E-state index < -0.39 is 18.5 Å². The van der Waals surface area contributed by atoms with E-state index in [0.29, 0.717) is 16.5 Å². The van der Waals surface area contributed by atoms with E-state index in [0.717, 1.165) is 11.1 Å². The standard InChI is InChI=1S/C18H18ClNO4/c1-11-4-6-15(12(2)8-11)20-17(21)10-24-18(22)14-9-13(19)5-7-16(14)23-3/h4-9H,10H2,1-3H3,(H,20,21). The zero-order chi connectivity index (χ0) is 17.7. The zero-order valence-electron chi connectivity index (χ0n) is 13.7. The molecule has 0 saturated heterocycles. The molecule has 0 aliphatic rings. The molecule has 0 spiro atoms. The van der Waals surface area contributed by atoms with Crippen LogP contribution in [0.3, 0.4) is 0 Å². The van der Waals surface area contributed by atoms with Crippen LogP contribution in [0.15, 0.2) is 36.4 Å². The molecule has 1 N–H and O–H groups in total. The quantitative estimate of drug-likeness (QED) is 0.836. The van der Waals surface area contributed by atoms with Crippen molar-refractivity contribution in [1.82, 2.24) is 0 Å². The van der Waals surface area contributed by atoms with Crippen LogP contribution in [-0.2, 0) is 9.53 Å². The molecule has 0 fully saturated rings. The number of carbonyl (C=O) groups excluding carboxylic acids is 2. The Balaban J connectivity index is 1.99. The van der Waals surface area contributed by atoms with Gasteiger partial charge in [-0.05, 0) is 43.7 Å². The number of benzene rings is 2. The first kappa shape index (κ1) is 17.8. The first-order valence-electron chi connectivity index (χ1n) is 7.28. The number of amides is 1. The van der Waals surface area contributed by atoms with Gasteiger partial charge in [0.2, 0.25) is 0 Å². The number of aryl methyl sites for hydroxylation is 2. The second-order valence-corrected chi connectivity index (χ2v) is 5.72. The SMILES string of the molecule is COc1ccc(Cl)cc1C(=O)OCC(=O)Nc1ccc(C)cc1C. The minimum Gasteiger partial charge on any atom is -0.496 e. The molecule has 5 nitrogen and oxygen atoms in total.